The Balaban J connectivity index is 4.32. The van der Waals surface area contributed by atoms with Gasteiger partial charge in [-0.15, -0.1) is 0 Å². The predicted molar refractivity (Wildman–Crippen MR) is 307 cm³/mol. The van der Waals surface area contributed by atoms with E-state index in [4.69, 9.17) is 18.5 Å². The van der Waals surface area contributed by atoms with Gasteiger partial charge < -0.3 is 18.9 Å². The fourth-order valence-electron chi connectivity index (χ4n) is 7.12. The van der Waals surface area contributed by atoms with Crippen molar-refractivity contribution in [2.45, 2.75) is 213 Å². The minimum atomic E-state index is -4.40. The van der Waals surface area contributed by atoms with E-state index >= 15 is 0 Å². The number of quaternary nitrogens is 1. The van der Waals surface area contributed by atoms with Crippen molar-refractivity contribution in [1.29, 1.82) is 0 Å². The zero-order valence-corrected chi connectivity index (χ0v) is 47.3. The SMILES string of the molecule is CC/C=C\C/C=C\C/C=C\C/C=C\C/C=C\C/C=C\C/C=C\CCCCCCCC(=O)OC(COC(=O)CCCCCCCC/C=C\C/C=C\C/C=C\CCCCCCC)COP(=O)(O)OCC[N+](C)(C)C. The Kier molecular flexibility index (Phi) is 49.7. The lowest BCUT2D eigenvalue weighted by molar-refractivity contribution is -0.870. The number of carbonyl (C=O) groups is 2. The molecule has 10 heteroatoms. The van der Waals surface area contributed by atoms with Crippen LogP contribution in [-0.4, -0.2) is 74.9 Å². The Bertz CT molecular complexity index is 1630. The standard InChI is InChI=1S/C62H104NO8P/c1-6-8-10-12-14-16-18-20-22-24-26-28-29-30-31-32-33-35-37-39-41-43-45-47-49-51-53-55-62(65)71-60(59-70-72(66,67)69-57-56-63(3,4)5)58-68-61(64)54-52-50-48-46-44-42-40-38-36-34-27-25-23-21-19-17-15-13-11-9-7-2/h8,10,14,16,19-22,25-28,30-31,33,35-36,38-39,41,60H,6-7,9,11-13,15,17-18,23-24,29,32,34,37,40,42-59H2,1-5H3/p+1/b10-8-,16-14-,21-19-,22-20-,27-25-,28-26-,31-30-,35-33-,38-36-,41-39-. The van der Waals surface area contributed by atoms with E-state index in [1.54, 1.807) is 0 Å². The molecule has 72 heavy (non-hydrogen) atoms. The number of unbranched alkanes of at least 4 members (excludes halogenated alkanes) is 16. The van der Waals surface area contributed by atoms with Gasteiger partial charge in [-0.05, 0) is 109 Å². The summed E-state index contributed by atoms with van der Waals surface area (Å²) in [7, 11) is 1.44. The number of hydrogen-bond donors (Lipinski definition) is 1. The fourth-order valence-corrected chi connectivity index (χ4v) is 7.86. The van der Waals surface area contributed by atoms with Crippen LogP contribution in [0, 0.1) is 0 Å². The first kappa shape index (κ1) is 68.4. The van der Waals surface area contributed by atoms with Crippen LogP contribution in [0.25, 0.3) is 0 Å². The first-order chi connectivity index (χ1) is 35.0. The summed E-state index contributed by atoms with van der Waals surface area (Å²) in [5.41, 5.74) is 0. The molecular weight excluding hydrogens is 918 g/mol. The van der Waals surface area contributed by atoms with Gasteiger partial charge in [-0.1, -0.05) is 206 Å². The van der Waals surface area contributed by atoms with Crippen LogP contribution in [0.3, 0.4) is 0 Å². The van der Waals surface area contributed by atoms with E-state index in [9.17, 15) is 19.0 Å². The minimum Gasteiger partial charge on any atom is -0.462 e. The third-order valence-electron chi connectivity index (χ3n) is 11.5. The van der Waals surface area contributed by atoms with Crippen LogP contribution in [0.5, 0.6) is 0 Å². The molecule has 0 saturated heterocycles. The molecule has 0 aromatic rings. The van der Waals surface area contributed by atoms with E-state index in [-0.39, 0.29) is 32.0 Å². The van der Waals surface area contributed by atoms with Crippen LogP contribution in [0.1, 0.15) is 206 Å². The third-order valence-corrected chi connectivity index (χ3v) is 12.5. The van der Waals surface area contributed by atoms with Gasteiger partial charge in [0.15, 0.2) is 6.10 Å². The molecule has 0 aliphatic carbocycles. The van der Waals surface area contributed by atoms with Gasteiger partial charge in [0.1, 0.15) is 19.8 Å². The van der Waals surface area contributed by atoms with Gasteiger partial charge in [-0.2, -0.15) is 0 Å². The second kappa shape index (κ2) is 52.3. The first-order valence-electron chi connectivity index (χ1n) is 28.3. The molecule has 0 rings (SSSR count). The van der Waals surface area contributed by atoms with Crippen molar-refractivity contribution in [2.75, 3.05) is 47.5 Å². The van der Waals surface area contributed by atoms with Crippen molar-refractivity contribution in [3.05, 3.63) is 122 Å². The molecule has 410 valence electrons. The number of nitrogens with zero attached hydrogens (tertiary/aromatic N) is 1. The summed E-state index contributed by atoms with van der Waals surface area (Å²) in [6.07, 6.45) is 74.0. The summed E-state index contributed by atoms with van der Waals surface area (Å²) in [5, 5.41) is 0. The molecule has 2 unspecified atom stereocenters. The molecule has 0 heterocycles. The molecular formula is C62H105NO8P+. The van der Waals surface area contributed by atoms with E-state index in [0.717, 1.165) is 122 Å². The van der Waals surface area contributed by atoms with Crippen molar-refractivity contribution >= 4 is 19.8 Å². The summed E-state index contributed by atoms with van der Waals surface area (Å²) in [6, 6.07) is 0. The summed E-state index contributed by atoms with van der Waals surface area (Å²) in [6.45, 7) is 4.25. The molecule has 0 spiro atoms. The Morgan fingerprint density at radius 3 is 1.18 bits per heavy atom. The van der Waals surface area contributed by atoms with E-state index in [0.29, 0.717) is 23.9 Å². The second-order valence-electron chi connectivity index (χ2n) is 19.6. The molecule has 0 saturated carbocycles. The van der Waals surface area contributed by atoms with Gasteiger partial charge in [0.05, 0.1) is 27.7 Å². The highest BCUT2D eigenvalue weighted by Gasteiger charge is 2.27. The topological polar surface area (TPSA) is 108 Å². The molecule has 9 nitrogen and oxygen atoms in total. The number of allylic oxidation sites excluding steroid dienone is 20. The minimum absolute atomic E-state index is 0.0179. The lowest BCUT2D eigenvalue weighted by Gasteiger charge is -2.24. The number of rotatable bonds is 50. The van der Waals surface area contributed by atoms with Crippen molar-refractivity contribution in [2.24, 2.45) is 0 Å². The zero-order valence-electron chi connectivity index (χ0n) is 46.4. The molecule has 0 aromatic carbocycles. The summed E-state index contributed by atoms with van der Waals surface area (Å²) >= 11 is 0. The second-order valence-corrected chi connectivity index (χ2v) is 21.0. The van der Waals surface area contributed by atoms with E-state index in [2.05, 4.69) is 135 Å². The van der Waals surface area contributed by atoms with Gasteiger partial charge in [0, 0.05) is 12.8 Å². The maximum atomic E-state index is 12.8. The molecule has 0 aromatic heterocycles. The lowest BCUT2D eigenvalue weighted by atomic mass is 10.1. The van der Waals surface area contributed by atoms with Gasteiger partial charge in [0.2, 0.25) is 0 Å². The third kappa shape index (κ3) is 55.7. The largest absolute Gasteiger partial charge is 0.472 e. The quantitative estimate of drug-likeness (QED) is 0.0211. The fraction of sp³-hybridized carbons (Fsp3) is 0.645. The highest BCUT2D eigenvalue weighted by molar-refractivity contribution is 7.47. The average Bonchev–Trinajstić information content (AvgIpc) is 3.34. The van der Waals surface area contributed by atoms with Crippen molar-refractivity contribution in [3.8, 4) is 0 Å². The molecule has 0 aliphatic rings. The Morgan fingerprint density at radius 2 is 0.792 bits per heavy atom. The summed E-state index contributed by atoms with van der Waals surface area (Å²) < 4.78 is 34.5. The summed E-state index contributed by atoms with van der Waals surface area (Å²) in [4.78, 5) is 35.7. The molecule has 0 radical (unpaired) electrons. The number of ether oxygens (including phenoxy) is 2. The Labute approximate surface area is 441 Å². The van der Waals surface area contributed by atoms with Crippen molar-refractivity contribution in [3.63, 3.8) is 0 Å². The van der Waals surface area contributed by atoms with Crippen molar-refractivity contribution in [1.82, 2.24) is 0 Å². The van der Waals surface area contributed by atoms with Gasteiger partial charge >= 0.3 is 19.8 Å². The maximum Gasteiger partial charge on any atom is 0.472 e. The van der Waals surface area contributed by atoms with Crippen molar-refractivity contribution < 1.29 is 42.1 Å². The van der Waals surface area contributed by atoms with Crippen LogP contribution in [0.4, 0.5) is 0 Å². The summed E-state index contributed by atoms with van der Waals surface area (Å²) in [5.74, 6) is -0.843. The molecule has 0 aliphatic heterocycles. The molecule has 0 fully saturated rings. The predicted octanol–water partition coefficient (Wildman–Crippen LogP) is 17.6. The normalized spacial score (nSPS) is 14.2. The number of esters is 2. The van der Waals surface area contributed by atoms with Crippen LogP contribution < -0.4 is 0 Å². The molecule has 0 bridgehead atoms. The highest BCUT2D eigenvalue weighted by atomic mass is 31.2. The highest BCUT2D eigenvalue weighted by Crippen LogP contribution is 2.43. The Hall–Kier alpha value is -3.59. The number of phosphoric acid groups is 1. The first-order valence-corrected chi connectivity index (χ1v) is 29.8. The number of hydrogen-bond acceptors (Lipinski definition) is 7. The lowest BCUT2D eigenvalue weighted by Crippen LogP contribution is -2.37. The van der Waals surface area contributed by atoms with Crippen LogP contribution >= 0.6 is 7.82 Å². The number of phosphoric ester groups is 1. The Morgan fingerprint density at radius 1 is 0.444 bits per heavy atom. The van der Waals surface area contributed by atoms with Crippen LogP contribution in [0.15, 0.2) is 122 Å². The van der Waals surface area contributed by atoms with Gasteiger partial charge in [-0.25, -0.2) is 4.57 Å². The van der Waals surface area contributed by atoms with E-state index in [1.165, 1.54) is 44.9 Å². The van der Waals surface area contributed by atoms with Crippen LogP contribution in [0.2, 0.25) is 0 Å². The van der Waals surface area contributed by atoms with E-state index < -0.39 is 26.5 Å². The van der Waals surface area contributed by atoms with Gasteiger partial charge in [0.25, 0.3) is 0 Å². The molecule has 1 N–H and O–H groups in total. The van der Waals surface area contributed by atoms with Crippen LogP contribution in [-0.2, 0) is 32.7 Å². The molecule has 2 atom stereocenters. The smallest absolute Gasteiger partial charge is 0.462 e. The maximum absolute atomic E-state index is 12.8. The van der Waals surface area contributed by atoms with Gasteiger partial charge in [-0.3, -0.25) is 18.6 Å². The monoisotopic (exact) mass is 1020 g/mol. The number of carbonyl (C=O) groups excluding carboxylic acids is 2. The molecule has 0 amide bonds. The zero-order chi connectivity index (χ0) is 52.7. The van der Waals surface area contributed by atoms with E-state index in [1.807, 2.05) is 21.1 Å². The average molecular weight is 1020 g/mol. The number of likely N-dealkylation sites (N-methyl/N-ethyl adjacent to an activating group) is 1.